The number of hydrogen-bond donors (Lipinski definition) is 2. The largest absolute Gasteiger partial charge is 0.469 e. The van der Waals surface area contributed by atoms with Gasteiger partial charge in [-0.15, -0.1) is 0 Å². The first-order valence-electron chi connectivity index (χ1n) is 19.2. The van der Waals surface area contributed by atoms with E-state index >= 15 is 0 Å². The average Bonchev–Trinajstić information content (AvgIpc) is 3.08. The molecular formula is C41H69O8P. The van der Waals surface area contributed by atoms with E-state index in [-0.39, 0.29) is 19.4 Å². The van der Waals surface area contributed by atoms with Crippen LogP contribution in [0.2, 0.25) is 0 Å². The van der Waals surface area contributed by atoms with E-state index in [2.05, 4.69) is 79.1 Å². The van der Waals surface area contributed by atoms with E-state index in [0.29, 0.717) is 12.8 Å². The predicted molar refractivity (Wildman–Crippen MR) is 207 cm³/mol. The molecule has 0 aliphatic heterocycles. The normalized spacial score (nSPS) is 13.3. The van der Waals surface area contributed by atoms with Crippen molar-refractivity contribution in [2.75, 3.05) is 13.2 Å². The number of carbonyl (C=O) groups excluding carboxylic acids is 2. The summed E-state index contributed by atoms with van der Waals surface area (Å²) >= 11 is 0. The molecule has 0 spiro atoms. The van der Waals surface area contributed by atoms with Crippen molar-refractivity contribution < 1.29 is 37.9 Å². The number of esters is 2. The molecule has 0 radical (unpaired) electrons. The highest BCUT2D eigenvalue weighted by molar-refractivity contribution is 7.46. The lowest BCUT2D eigenvalue weighted by molar-refractivity contribution is -0.161. The fourth-order valence-electron chi connectivity index (χ4n) is 4.82. The second-order valence-electron chi connectivity index (χ2n) is 12.5. The maximum atomic E-state index is 12.3. The Bertz CT molecular complexity index is 1040. The van der Waals surface area contributed by atoms with Gasteiger partial charge in [0.05, 0.1) is 6.61 Å². The van der Waals surface area contributed by atoms with Crippen molar-refractivity contribution in [3.63, 3.8) is 0 Å². The molecule has 50 heavy (non-hydrogen) atoms. The first-order valence-corrected chi connectivity index (χ1v) is 20.8. The van der Waals surface area contributed by atoms with Crippen molar-refractivity contribution in [1.29, 1.82) is 0 Å². The first-order chi connectivity index (χ1) is 24.3. The molecule has 0 aromatic carbocycles. The number of phosphoric ester groups is 1. The molecule has 2 N–H and O–H groups in total. The highest BCUT2D eigenvalue weighted by Crippen LogP contribution is 2.35. The number of ether oxygens (including phenoxy) is 2. The third-order valence-electron chi connectivity index (χ3n) is 7.71. The molecule has 0 bridgehead atoms. The van der Waals surface area contributed by atoms with Crippen LogP contribution in [0.3, 0.4) is 0 Å². The average molecular weight is 721 g/mol. The Hall–Kier alpha value is -2.51. The zero-order valence-electron chi connectivity index (χ0n) is 31.3. The molecule has 0 heterocycles. The Kier molecular flexibility index (Phi) is 34.5. The van der Waals surface area contributed by atoms with Gasteiger partial charge in [-0.3, -0.25) is 14.1 Å². The fraction of sp³-hybridized carbons (Fsp3) is 0.659. The highest BCUT2D eigenvalue weighted by atomic mass is 31.2. The van der Waals surface area contributed by atoms with Gasteiger partial charge in [-0.1, -0.05) is 138 Å². The summed E-state index contributed by atoms with van der Waals surface area (Å²) in [6.45, 7) is 3.55. The van der Waals surface area contributed by atoms with Crippen LogP contribution < -0.4 is 0 Å². The van der Waals surface area contributed by atoms with Gasteiger partial charge in [-0.2, -0.15) is 0 Å². The highest BCUT2D eigenvalue weighted by Gasteiger charge is 2.22. The van der Waals surface area contributed by atoms with Crippen LogP contribution in [0.1, 0.15) is 155 Å². The Labute approximate surface area is 304 Å². The number of carbonyl (C=O) groups is 2. The van der Waals surface area contributed by atoms with E-state index in [0.717, 1.165) is 57.8 Å². The lowest BCUT2D eigenvalue weighted by atomic mass is 10.1. The lowest BCUT2D eigenvalue weighted by Gasteiger charge is -2.18. The second-order valence-corrected chi connectivity index (χ2v) is 13.8. The number of allylic oxidation sites excluding steroid dienone is 12. The Morgan fingerprint density at radius 3 is 1.48 bits per heavy atom. The number of unbranched alkanes of at least 4 members (excludes halogenated alkanes) is 12. The molecule has 0 unspecified atom stereocenters. The quantitative estimate of drug-likeness (QED) is 0.0292. The van der Waals surface area contributed by atoms with Crippen LogP contribution in [-0.2, 0) is 28.2 Å². The summed E-state index contributed by atoms with van der Waals surface area (Å²) in [6, 6.07) is 0. The minimum atomic E-state index is -4.77. The molecule has 0 saturated heterocycles. The molecule has 0 aromatic rings. The molecule has 0 aliphatic rings. The summed E-state index contributed by atoms with van der Waals surface area (Å²) in [6.07, 6.45) is 46.3. The van der Waals surface area contributed by atoms with Gasteiger partial charge in [0.25, 0.3) is 0 Å². The maximum absolute atomic E-state index is 12.3. The summed E-state index contributed by atoms with van der Waals surface area (Å²) in [5.74, 6) is -0.998. The monoisotopic (exact) mass is 720 g/mol. The van der Waals surface area contributed by atoms with Gasteiger partial charge >= 0.3 is 19.8 Å². The van der Waals surface area contributed by atoms with E-state index in [1.807, 2.05) is 12.2 Å². The molecule has 0 aromatic heterocycles. The van der Waals surface area contributed by atoms with Crippen molar-refractivity contribution in [1.82, 2.24) is 0 Å². The molecule has 286 valence electrons. The van der Waals surface area contributed by atoms with Crippen LogP contribution >= 0.6 is 7.82 Å². The van der Waals surface area contributed by atoms with Crippen LogP contribution in [0.5, 0.6) is 0 Å². The molecule has 0 aliphatic carbocycles. The Balaban J connectivity index is 4.13. The number of phosphoric acid groups is 1. The van der Waals surface area contributed by atoms with E-state index in [4.69, 9.17) is 19.3 Å². The van der Waals surface area contributed by atoms with Crippen molar-refractivity contribution in [3.05, 3.63) is 72.9 Å². The van der Waals surface area contributed by atoms with Gasteiger partial charge in [-0.05, 0) is 77.0 Å². The summed E-state index contributed by atoms with van der Waals surface area (Å²) in [5, 5.41) is 0. The van der Waals surface area contributed by atoms with Gasteiger partial charge in [-0.25, -0.2) is 4.57 Å². The number of hydrogen-bond acceptors (Lipinski definition) is 6. The molecule has 0 amide bonds. The topological polar surface area (TPSA) is 119 Å². The smallest absolute Gasteiger partial charge is 0.462 e. The second kappa shape index (κ2) is 36.3. The van der Waals surface area contributed by atoms with Crippen molar-refractivity contribution in [2.45, 2.75) is 161 Å². The third-order valence-corrected chi connectivity index (χ3v) is 8.20. The van der Waals surface area contributed by atoms with E-state index in [1.165, 1.54) is 57.8 Å². The predicted octanol–water partition coefficient (Wildman–Crippen LogP) is 11.5. The minimum Gasteiger partial charge on any atom is -0.462 e. The molecule has 0 rings (SSSR count). The van der Waals surface area contributed by atoms with Gasteiger partial charge in [0.1, 0.15) is 6.61 Å². The maximum Gasteiger partial charge on any atom is 0.469 e. The minimum absolute atomic E-state index is 0.0836. The summed E-state index contributed by atoms with van der Waals surface area (Å²) in [4.78, 5) is 42.7. The molecule has 0 fully saturated rings. The van der Waals surface area contributed by atoms with E-state index < -0.39 is 32.5 Å². The van der Waals surface area contributed by atoms with Crippen LogP contribution in [0.15, 0.2) is 72.9 Å². The number of rotatable bonds is 34. The summed E-state index contributed by atoms with van der Waals surface area (Å²) < 4.78 is 26.2. The lowest BCUT2D eigenvalue weighted by Crippen LogP contribution is -2.29. The van der Waals surface area contributed by atoms with E-state index in [9.17, 15) is 14.2 Å². The zero-order chi connectivity index (χ0) is 36.8. The zero-order valence-corrected chi connectivity index (χ0v) is 32.2. The molecule has 1 atom stereocenters. The molecule has 8 nitrogen and oxygen atoms in total. The molecular weight excluding hydrogens is 651 g/mol. The van der Waals surface area contributed by atoms with Crippen LogP contribution in [0.4, 0.5) is 0 Å². The Morgan fingerprint density at radius 2 is 0.940 bits per heavy atom. The van der Waals surface area contributed by atoms with Crippen molar-refractivity contribution >= 4 is 19.8 Å². The van der Waals surface area contributed by atoms with Crippen LogP contribution in [0.25, 0.3) is 0 Å². The molecule has 9 heteroatoms. The fourth-order valence-corrected chi connectivity index (χ4v) is 5.18. The standard InChI is InChI=1S/C41H69O8P/c1-3-5-7-9-11-13-15-17-18-19-20-21-22-24-26-28-30-32-34-36-41(43)49-39(38-48-50(44,45)46)37-47-40(42)35-33-31-29-27-25-23-16-14-12-10-8-6-4-2/h11,13-14,16-18,20-21,24,26,30,32,39H,3-10,12,15,19,22-23,25,27-29,31,33-38H2,1-2H3,(H2,44,45,46)/b13-11+,16-14+,18-17+,21-20+,26-24+,32-30+/t39-/m1/s1. The SMILES string of the molecule is CCCCC/C=C/C/C=C/C/C=C/C/C=C/C/C=C/CCC(=O)O[C@H](COC(=O)CCCCCCC/C=C/CCCCCC)COP(=O)(O)O. The van der Waals surface area contributed by atoms with Gasteiger partial charge in [0, 0.05) is 12.8 Å². The van der Waals surface area contributed by atoms with Crippen molar-refractivity contribution in [3.8, 4) is 0 Å². The summed E-state index contributed by atoms with van der Waals surface area (Å²) in [5.41, 5.74) is 0. The Morgan fingerprint density at radius 1 is 0.520 bits per heavy atom. The van der Waals surface area contributed by atoms with Crippen LogP contribution in [-0.4, -0.2) is 41.0 Å². The first kappa shape index (κ1) is 47.5. The van der Waals surface area contributed by atoms with Crippen molar-refractivity contribution in [2.24, 2.45) is 0 Å². The third kappa shape index (κ3) is 38.3. The van der Waals surface area contributed by atoms with Gasteiger partial charge in [0.2, 0.25) is 0 Å². The molecule has 0 saturated carbocycles. The van der Waals surface area contributed by atoms with Gasteiger partial charge in [0.15, 0.2) is 6.10 Å². The van der Waals surface area contributed by atoms with E-state index in [1.54, 1.807) is 0 Å². The van der Waals surface area contributed by atoms with Crippen LogP contribution in [0, 0.1) is 0 Å². The van der Waals surface area contributed by atoms with Gasteiger partial charge < -0.3 is 19.3 Å². The summed E-state index contributed by atoms with van der Waals surface area (Å²) in [7, 11) is -4.77.